The van der Waals surface area contributed by atoms with Gasteiger partial charge in [-0.15, -0.1) is 0 Å². The third-order valence-electron chi connectivity index (χ3n) is 6.17. The molecule has 2 aliphatic rings. The van der Waals surface area contributed by atoms with Crippen LogP contribution in [-0.4, -0.2) is 67.3 Å². The molecule has 1 aromatic carbocycles. The highest BCUT2D eigenvalue weighted by Gasteiger charge is 2.25. The minimum atomic E-state index is -0.213. The first kappa shape index (κ1) is 20.3. The van der Waals surface area contributed by atoms with E-state index < -0.39 is 0 Å². The summed E-state index contributed by atoms with van der Waals surface area (Å²) in [5.74, 6) is 2.38. The van der Waals surface area contributed by atoms with E-state index in [4.69, 9.17) is 5.73 Å². The number of aromatic nitrogens is 3. The Balaban J connectivity index is 1.24. The standard InChI is InChI=1S/C23H27FN8/c24-18-4-6-19(7-5-18)29-9-13-31(14-10-29)22-21(25)23(28-17-27-22)32-15-11-30(12-16-32)20-3-1-2-8-26-20/h1-8,17H,9-16,25H2. The van der Waals surface area contributed by atoms with Crippen LogP contribution < -0.4 is 25.3 Å². The number of pyridine rings is 1. The van der Waals surface area contributed by atoms with Crippen LogP contribution in [0.5, 0.6) is 0 Å². The first-order valence-electron chi connectivity index (χ1n) is 11.0. The molecule has 0 bridgehead atoms. The Morgan fingerprint density at radius 1 is 0.656 bits per heavy atom. The van der Waals surface area contributed by atoms with Gasteiger partial charge in [0.05, 0.1) is 0 Å². The lowest BCUT2D eigenvalue weighted by Crippen LogP contribution is -2.48. The third-order valence-corrected chi connectivity index (χ3v) is 6.17. The second kappa shape index (κ2) is 8.86. The molecule has 4 heterocycles. The fourth-order valence-electron chi connectivity index (χ4n) is 4.40. The van der Waals surface area contributed by atoms with Gasteiger partial charge in [-0.1, -0.05) is 6.07 Å². The summed E-state index contributed by atoms with van der Waals surface area (Å²) < 4.78 is 13.2. The summed E-state index contributed by atoms with van der Waals surface area (Å²) in [5.41, 5.74) is 8.23. The predicted molar refractivity (Wildman–Crippen MR) is 126 cm³/mol. The van der Waals surface area contributed by atoms with Crippen molar-refractivity contribution in [2.75, 3.05) is 77.7 Å². The number of hydrogen-bond acceptors (Lipinski definition) is 8. The number of nitrogens with zero attached hydrogens (tertiary/aromatic N) is 7. The van der Waals surface area contributed by atoms with Crippen LogP contribution in [-0.2, 0) is 0 Å². The highest BCUT2D eigenvalue weighted by molar-refractivity contribution is 5.76. The molecule has 0 radical (unpaired) electrons. The molecule has 2 N–H and O–H groups in total. The molecule has 9 heteroatoms. The lowest BCUT2D eigenvalue weighted by atomic mass is 10.2. The Kier molecular flexibility index (Phi) is 5.62. The van der Waals surface area contributed by atoms with Crippen LogP contribution in [0, 0.1) is 5.82 Å². The summed E-state index contributed by atoms with van der Waals surface area (Å²) >= 11 is 0. The van der Waals surface area contributed by atoms with E-state index in [2.05, 4.69) is 34.6 Å². The van der Waals surface area contributed by atoms with Gasteiger partial charge in [-0.3, -0.25) is 0 Å². The van der Waals surface area contributed by atoms with Crippen molar-refractivity contribution >= 4 is 28.8 Å². The van der Waals surface area contributed by atoms with Gasteiger partial charge in [0, 0.05) is 64.2 Å². The minimum Gasteiger partial charge on any atom is -0.393 e. The number of nitrogens with two attached hydrogens (primary N) is 1. The topological polar surface area (TPSA) is 77.7 Å². The quantitative estimate of drug-likeness (QED) is 0.670. The number of benzene rings is 1. The number of nitrogen functional groups attached to an aromatic ring is 1. The van der Waals surface area contributed by atoms with Crippen LogP contribution in [0.1, 0.15) is 0 Å². The fraction of sp³-hybridized carbons (Fsp3) is 0.348. The van der Waals surface area contributed by atoms with Gasteiger partial charge in [-0.2, -0.15) is 0 Å². The first-order chi connectivity index (χ1) is 15.7. The molecule has 0 atom stereocenters. The van der Waals surface area contributed by atoms with Crippen molar-refractivity contribution in [1.82, 2.24) is 15.0 Å². The molecule has 2 aromatic heterocycles. The normalized spacial score (nSPS) is 17.0. The Hall–Kier alpha value is -3.62. The van der Waals surface area contributed by atoms with E-state index in [-0.39, 0.29) is 5.82 Å². The molecule has 2 fully saturated rings. The molecule has 5 rings (SSSR count). The van der Waals surface area contributed by atoms with Gasteiger partial charge >= 0.3 is 0 Å². The Labute approximate surface area is 187 Å². The summed E-state index contributed by atoms with van der Waals surface area (Å²) in [7, 11) is 0. The number of halogens is 1. The molecule has 2 aliphatic heterocycles. The van der Waals surface area contributed by atoms with Gasteiger partial charge in [-0.05, 0) is 36.4 Å². The van der Waals surface area contributed by atoms with Crippen molar-refractivity contribution in [2.24, 2.45) is 0 Å². The van der Waals surface area contributed by atoms with E-state index in [9.17, 15) is 4.39 Å². The number of anilines is 5. The Bertz CT molecular complexity index is 1030. The zero-order valence-corrected chi connectivity index (χ0v) is 17.9. The average molecular weight is 435 g/mol. The molecular weight excluding hydrogens is 407 g/mol. The van der Waals surface area contributed by atoms with E-state index in [1.165, 1.54) is 12.1 Å². The second-order valence-electron chi connectivity index (χ2n) is 8.05. The van der Waals surface area contributed by atoms with Crippen LogP contribution >= 0.6 is 0 Å². The molecule has 8 nitrogen and oxygen atoms in total. The highest BCUT2D eigenvalue weighted by atomic mass is 19.1. The molecule has 0 spiro atoms. The SMILES string of the molecule is Nc1c(N2CCN(c3ccc(F)cc3)CC2)ncnc1N1CCN(c2ccccn2)CC1. The molecule has 0 amide bonds. The van der Waals surface area contributed by atoms with Crippen LogP contribution in [0.25, 0.3) is 0 Å². The summed E-state index contributed by atoms with van der Waals surface area (Å²) in [6.45, 7) is 6.64. The largest absolute Gasteiger partial charge is 0.393 e. The Morgan fingerprint density at radius 3 is 1.78 bits per heavy atom. The van der Waals surface area contributed by atoms with E-state index in [0.29, 0.717) is 5.69 Å². The molecular formula is C23H27FN8. The number of rotatable bonds is 4. The van der Waals surface area contributed by atoms with Gasteiger partial charge in [0.15, 0.2) is 11.6 Å². The summed E-state index contributed by atoms with van der Waals surface area (Å²) in [6, 6.07) is 12.6. The highest BCUT2D eigenvalue weighted by Crippen LogP contribution is 2.31. The van der Waals surface area contributed by atoms with Gasteiger partial charge in [0.2, 0.25) is 0 Å². The van der Waals surface area contributed by atoms with Gasteiger partial charge < -0.3 is 25.3 Å². The van der Waals surface area contributed by atoms with E-state index in [0.717, 1.165) is 75.5 Å². The average Bonchev–Trinajstić information content (AvgIpc) is 2.86. The van der Waals surface area contributed by atoms with Gasteiger partial charge in [0.1, 0.15) is 23.6 Å². The van der Waals surface area contributed by atoms with Crippen molar-refractivity contribution in [1.29, 1.82) is 0 Å². The van der Waals surface area contributed by atoms with E-state index in [1.54, 1.807) is 6.33 Å². The predicted octanol–water partition coefficient (Wildman–Crippen LogP) is 2.25. The molecule has 0 saturated carbocycles. The van der Waals surface area contributed by atoms with E-state index in [1.807, 2.05) is 36.5 Å². The molecule has 0 unspecified atom stereocenters. The zero-order valence-electron chi connectivity index (χ0n) is 17.9. The zero-order chi connectivity index (χ0) is 21.9. The van der Waals surface area contributed by atoms with Crippen LogP contribution in [0.2, 0.25) is 0 Å². The van der Waals surface area contributed by atoms with E-state index >= 15 is 0 Å². The first-order valence-corrected chi connectivity index (χ1v) is 11.0. The van der Waals surface area contributed by atoms with Crippen LogP contribution in [0.3, 0.4) is 0 Å². The van der Waals surface area contributed by atoms with Crippen molar-refractivity contribution in [3.63, 3.8) is 0 Å². The summed E-state index contributed by atoms with van der Waals surface area (Å²) in [6.07, 6.45) is 3.44. The second-order valence-corrected chi connectivity index (χ2v) is 8.05. The molecule has 166 valence electrons. The molecule has 32 heavy (non-hydrogen) atoms. The molecule has 0 aliphatic carbocycles. The smallest absolute Gasteiger partial charge is 0.157 e. The van der Waals surface area contributed by atoms with Crippen molar-refractivity contribution < 1.29 is 4.39 Å². The minimum absolute atomic E-state index is 0.213. The van der Waals surface area contributed by atoms with Gasteiger partial charge in [0.25, 0.3) is 0 Å². The molecule has 3 aromatic rings. The number of hydrogen-bond donors (Lipinski definition) is 1. The number of piperazine rings is 2. The lowest BCUT2D eigenvalue weighted by molar-refractivity contribution is 0.623. The maximum absolute atomic E-state index is 13.2. The Morgan fingerprint density at radius 2 is 1.22 bits per heavy atom. The third kappa shape index (κ3) is 4.10. The van der Waals surface area contributed by atoms with Crippen molar-refractivity contribution in [3.05, 3.63) is 60.8 Å². The summed E-state index contributed by atoms with van der Waals surface area (Å²) in [4.78, 5) is 22.4. The van der Waals surface area contributed by atoms with Crippen molar-refractivity contribution in [2.45, 2.75) is 0 Å². The monoisotopic (exact) mass is 434 g/mol. The lowest BCUT2D eigenvalue weighted by Gasteiger charge is -2.39. The maximum atomic E-state index is 13.2. The fourth-order valence-corrected chi connectivity index (χ4v) is 4.40. The van der Waals surface area contributed by atoms with Gasteiger partial charge in [-0.25, -0.2) is 19.3 Å². The summed E-state index contributed by atoms with van der Waals surface area (Å²) in [5, 5.41) is 0. The van der Waals surface area contributed by atoms with Crippen molar-refractivity contribution in [3.8, 4) is 0 Å². The molecule has 2 saturated heterocycles. The maximum Gasteiger partial charge on any atom is 0.157 e. The van der Waals surface area contributed by atoms with Crippen LogP contribution in [0.15, 0.2) is 55.0 Å². The van der Waals surface area contributed by atoms with Crippen LogP contribution in [0.4, 0.5) is 33.2 Å².